The lowest BCUT2D eigenvalue weighted by atomic mass is 9.80. The van der Waals surface area contributed by atoms with E-state index in [1.807, 2.05) is 4.90 Å². The zero-order valence-corrected chi connectivity index (χ0v) is 16.8. The van der Waals surface area contributed by atoms with Crippen LogP contribution >= 0.6 is 23.2 Å². The number of halogens is 2. The molecule has 3 heterocycles. The van der Waals surface area contributed by atoms with E-state index in [1.54, 1.807) is 18.2 Å². The number of anilines is 1. The molecule has 0 aliphatic carbocycles. The Morgan fingerprint density at radius 2 is 2.07 bits per heavy atom. The Morgan fingerprint density at radius 3 is 2.79 bits per heavy atom. The van der Waals surface area contributed by atoms with E-state index in [9.17, 15) is 4.79 Å². The molecule has 0 atom stereocenters. The van der Waals surface area contributed by atoms with Gasteiger partial charge in [0.25, 0.3) is 11.4 Å². The normalized spacial score (nSPS) is 16.5. The number of nitrogens with one attached hydrogen (secondary N) is 2. The topological polar surface area (TPSA) is 113 Å². The fourth-order valence-corrected chi connectivity index (χ4v) is 3.58. The van der Waals surface area contributed by atoms with E-state index in [4.69, 9.17) is 33.7 Å². The second kappa shape index (κ2) is 7.27. The maximum Gasteiger partial charge on any atom is 0.291 e. The van der Waals surface area contributed by atoms with Crippen LogP contribution in [0.25, 0.3) is 11.2 Å². The number of fused-ring (bicyclic) bond motifs is 1. The first-order valence-corrected chi connectivity index (χ1v) is 9.71. The lowest BCUT2D eigenvalue weighted by molar-refractivity contribution is 0.257. The molecule has 3 aromatic rings. The summed E-state index contributed by atoms with van der Waals surface area (Å²) < 4.78 is 5.73. The molecule has 1 aliphatic rings. The Kier molecular flexibility index (Phi) is 4.95. The van der Waals surface area contributed by atoms with Crippen LogP contribution in [-0.2, 0) is 0 Å². The van der Waals surface area contributed by atoms with Crippen LogP contribution in [0.5, 0.6) is 11.6 Å². The first-order chi connectivity index (χ1) is 13.4. The van der Waals surface area contributed by atoms with E-state index in [0.29, 0.717) is 34.3 Å². The second-order valence-electron chi connectivity index (χ2n) is 7.30. The number of ether oxygens (including phenoxy) is 1. The molecule has 8 nitrogen and oxygen atoms in total. The maximum absolute atomic E-state index is 12.7. The fraction of sp³-hybridized carbons (Fsp3) is 0.389. The average molecular weight is 423 g/mol. The summed E-state index contributed by atoms with van der Waals surface area (Å²) in [5.41, 5.74) is 6.47. The number of H-pyrrole nitrogens is 2. The smallest absolute Gasteiger partial charge is 0.291 e. The maximum atomic E-state index is 12.7. The van der Waals surface area contributed by atoms with Crippen LogP contribution < -0.4 is 20.9 Å². The SMILES string of the molecule is CC1(CN)CCN(c2nc3[nH]nc(Oc4cccc(Cl)c4Cl)c3[nH]c2=O)CC1. The van der Waals surface area contributed by atoms with Gasteiger partial charge in [0.2, 0.25) is 0 Å². The molecule has 1 aliphatic heterocycles. The molecule has 0 bridgehead atoms. The number of piperidine rings is 1. The number of nitrogens with two attached hydrogens (primary N) is 1. The summed E-state index contributed by atoms with van der Waals surface area (Å²) in [4.78, 5) is 21.9. The van der Waals surface area contributed by atoms with Gasteiger partial charge in [0.1, 0.15) is 10.8 Å². The highest BCUT2D eigenvalue weighted by molar-refractivity contribution is 6.42. The molecular weight excluding hydrogens is 403 g/mol. The minimum Gasteiger partial charge on any atom is -0.434 e. The Bertz CT molecular complexity index is 1070. The monoisotopic (exact) mass is 422 g/mol. The molecule has 4 N–H and O–H groups in total. The Labute approximate surface area is 171 Å². The second-order valence-corrected chi connectivity index (χ2v) is 8.08. The van der Waals surface area contributed by atoms with Crippen molar-refractivity contribution in [1.29, 1.82) is 0 Å². The van der Waals surface area contributed by atoms with E-state index in [-0.39, 0.29) is 21.9 Å². The summed E-state index contributed by atoms with van der Waals surface area (Å²) in [6, 6.07) is 5.03. The average Bonchev–Trinajstić information content (AvgIpc) is 3.07. The van der Waals surface area contributed by atoms with Crippen LogP contribution in [0.2, 0.25) is 10.0 Å². The molecule has 0 unspecified atom stereocenters. The standard InChI is InChI=1S/C18H20Cl2N6O2/c1-18(9-21)5-7-26(8-6-18)15-16(27)22-13-14(23-15)24-25-17(13)28-11-4-2-3-10(19)12(11)20/h2-4H,5-9,21H2,1H3,(H,22,27)(H,23,24,25). The molecule has 0 radical (unpaired) electrons. The van der Waals surface area contributed by atoms with Gasteiger partial charge in [0.15, 0.2) is 17.0 Å². The minimum atomic E-state index is -0.299. The quantitative estimate of drug-likeness (QED) is 0.594. The lowest BCUT2D eigenvalue weighted by Gasteiger charge is -2.38. The zero-order valence-electron chi connectivity index (χ0n) is 15.3. The van der Waals surface area contributed by atoms with Gasteiger partial charge in [-0.1, -0.05) is 36.2 Å². The number of hydrogen-bond donors (Lipinski definition) is 3. The summed E-state index contributed by atoms with van der Waals surface area (Å²) >= 11 is 12.2. The van der Waals surface area contributed by atoms with Crippen LogP contribution in [0.3, 0.4) is 0 Å². The van der Waals surface area contributed by atoms with E-state index < -0.39 is 0 Å². The molecule has 28 heavy (non-hydrogen) atoms. The van der Waals surface area contributed by atoms with Crippen LogP contribution in [0.4, 0.5) is 5.82 Å². The van der Waals surface area contributed by atoms with Gasteiger partial charge < -0.3 is 20.4 Å². The van der Waals surface area contributed by atoms with Gasteiger partial charge in [0.05, 0.1) is 5.02 Å². The molecule has 0 amide bonds. The van der Waals surface area contributed by atoms with Crippen molar-refractivity contribution in [2.45, 2.75) is 19.8 Å². The van der Waals surface area contributed by atoms with Crippen LogP contribution in [0, 0.1) is 5.41 Å². The molecule has 2 aromatic heterocycles. The fourth-order valence-electron chi connectivity index (χ4n) is 3.25. The van der Waals surface area contributed by atoms with Gasteiger partial charge in [-0.05, 0) is 36.9 Å². The molecule has 0 spiro atoms. The van der Waals surface area contributed by atoms with Gasteiger partial charge >= 0.3 is 0 Å². The zero-order chi connectivity index (χ0) is 19.9. The van der Waals surface area contributed by atoms with E-state index in [0.717, 1.165) is 25.9 Å². The summed E-state index contributed by atoms with van der Waals surface area (Å²) in [7, 11) is 0. The molecule has 0 saturated carbocycles. The highest BCUT2D eigenvalue weighted by atomic mass is 35.5. The van der Waals surface area contributed by atoms with Crippen molar-refractivity contribution in [2.75, 3.05) is 24.5 Å². The van der Waals surface area contributed by atoms with Gasteiger partial charge in [-0.15, -0.1) is 5.10 Å². The molecular formula is C18H20Cl2N6O2. The summed E-state index contributed by atoms with van der Waals surface area (Å²) in [5, 5.41) is 7.54. The van der Waals surface area contributed by atoms with Crippen molar-refractivity contribution in [3.63, 3.8) is 0 Å². The molecule has 1 aromatic carbocycles. The van der Waals surface area contributed by atoms with Crippen LogP contribution in [-0.4, -0.2) is 39.8 Å². The third-order valence-electron chi connectivity index (χ3n) is 5.26. The first-order valence-electron chi connectivity index (χ1n) is 8.95. The number of nitrogens with zero attached hydrogens (tertiary/aromatic N) is 3. The van der Waals surface area contributed by atoms with Gasteiger partial charge in [-0.25, -0.2) is 4.98 Å². The van der Waals surface area contributed by atoms with Crippen molar-refractivity contribution in [3.05, 3.63) is 38.6 Å². The van der Waals surface area contributed by atoms with E-state index in [1.165, 1.54) is 0 Å². The highest BCUT2D eigenvalue weighted by Crippen LogP contribution is 2.35. The summed E-state index contributed by atoms with van der Waals surface area (Å²) in [6.07, 6.45) is 1.82. The number of aromatic nitrogens is 4. The van der Waals surface area contributed by atoms with Crippen LogP contribution in [0.15, 0.2) is 23.0 Å². The minimum absolute atomic E-state index is 0.110. The van der Waals surface area contributed by atoms with Gasteiger partial charge in [-0.2, -0.15) is 0 Å². The highest BCUT2D eigenvalue weighted by Gasteiger charge is 2.30. The van der Waals surface area contributed by atoms with Crippen molar-refractivity contribution in [2.24, 2.45) is 11.1 Å². The first kappa shape index (κ1) is 19.0. The van der Waals surface area contributed by atoms with Crippen molar-refractivity contribution in [3.8, 4) is 11.6 Å². The van der Waals surface area contributed by atoms with Crippen molar-refractivity contribution in [1.82, 2.24) is 20.2 Å². The van der Waals surface area contributed by atoms with Crippen molar-refractivity contribution >= 4 is 40.2 Å². The van der Waals surface area contributed by atoms with E-state index >= 15 is 0 Å². The lowest BCUT2D eigenvalue weighted by Crippen LogP contribution is -2.44. The molecule has 4 rings (SSSR count). The number of hydrogen-bond acceptors (Lipinski definition) is 6. The predicted octanol–water partition coefficient (Wildman–Crippen LogP) is 3.31. The number of rotatable bonds is 4. The largest absolute Gasteiger partial charge is 0.434 e. The van der Waals surface area contributed by atoms with Gasteiger partial charge in [0, 0.05) is 13.1 Å². The summed E-state index contributed by atoms with van der Waals surface area (Å²) in [5.74, 6) is 0.872. The number of benzene rings is 1. The molecule has 10 heteroatoms. The molecule has 148 valence electrons. The Morgan fingerprint density at radius 1 is 1.32 bits per heavy atom. The molecule has 1 fully saturated rings. The Hall–Kier alpha value is -2.29. The third kappa shape index (κ3) is 3.43. The predicted molar refractivity (Wildman–Crippen MR) is 110 cm³/mol. The summed E-state index contributed by atoms with van der Waals surface area (Å²) in [6.45, 7) is 4.26. The third-order valence-corrected chi connectivity index (χ3v) is 6.06. The molecule has 1 saturated heterocycles. The number of aromatic amines is 2. The van der Waals surface area contributed by atoms with E-state index in [2.05, 4.69) is 27.1 Å². The van der Waals surface area contributed by atoms with Crippen molar-refractivity contribution < 1.29 is 4.74 Å². The Balaban J connectivity index is 1.63. The van der Waals surface area contributed by atoms with Gasteiger partial charge in [-0.3, -0.25) is 9.89 Å². The van der Waals surface area contributed by atoms with Crippen LogP contribution in [0.1, 0.15) is 19.8 Å².